The lowest BCUT2D eigenvalue weighted by atomic mass is 10.1. The fraction of sp³-hybridized carbons (Fsp3) is 0.125. The molecule has 0 spiro atoms. The van der Waals surface area contributed by atoms with Crippen LogP contribution in [-0.2, 0) is 0 Å². The van der Waals surface area contributed by atoms with Gasteiger partial charge in [-0.3, -0.25) is 14.9 Å². The zero-order valence-corrected chi connectivity index (χ0v) is 14.5. The van der Waals surface area contributed by atoms with Crippen molar-refractivity contribution in [2.75, 3.05) is 7.11 Å². The Balaban J connectivity index is 2.12. The topological polar surface area (TPSA) is 93.8 Å². The van der Waals surface area contributed by atoms with E-state index in [1.165, 1.54) is 24.4 Å². The average Bonchev–Trinajstić information content (AvgIpc) is 2.54. The number of amides is 1. The van der Waals surface area contributed by atoms with Crippen LogP contribution in [0.1, 0.15) is 21.5 Å². The molecule has 0 heterocycles. The van der Waals surface area contributed by atoms with Gasteiger partial charge in [-0.05, 0) is 37.3 Å². The number of halogens is 1. The van der Waals surface area contributed by atoms with Crippen molar-refractivity contribution in [3.8, 4) is 5.75 Å². The van der Waals surface area contributed by atoms with E-state index < -0.39 is 10.8 Å². The van der Waals surface area contributed by atoms with Crippen LogP contribution in [0.4, 0.5) is 5.69 Å². The third-order valence-electron chi connectivity index (χ3n) is 3.22. The number of methoxy groups -OCH3 is 1. The zero-order valence-electron chi connectivity index (χ0n) is 12.9. The SMILES string of the molecule is COc1ccc(Br)cc1C=NNC(=O)c1ccc([N+](=O)[O-])c(C)c1. The van der Waals surface area contributed by atoms with E-state index in [1.807, 2.05) is 6.07 Å². The van der Waals surface area contributed by atoms with Crippen LogP contribution >= 0.6 is 15.9 Å². The maximum absolute atomic E-state index is 12.1. The van der Waals surface area contributed by atoms with Crippen LogP contribution in [0.25, 0.3) is 0 Å². The maximum atomic E-state index is 12.1. The number of rotatable bonds is 5. The van der Waals surface area contributed by atoms with Crippen LogP contribution in [0.5, 0.6) is 5.75 Å². The maximum Gasteiger partial charge on any atom is 0.272 e. The molecule has 0 radical (unpaired) electrons. The van der Waals surface area contributed by atoms with Gasteiger partial charge in [-0.1, -0.05) is 15.9 Å². The van der Waals surface area contributed by atoms with Crippen LogP contribution in [-0.4, -0.2) is 24.2 Å². The molecule has 7 nitrogen and oxygen atoms in total. The number of benzene rings is 2. The van der Waals surface area contributed by atoms with E-state index in [0.29, 0.717) is 16.9 Å². The third-order valence-corrected chi connectivity index (χ3v) is 3.71. The van der Waals surface area contributed by atoms with E-state index in [4.69, 9.17) is 4.74 Å². The number of hydrazone groups is 1. The first kappa shape index (κ1) is 17.6. The largest absolute Gasteiger partial charge is 0.496 e. The van der Waals surface area contributed by atoms with E-state index >= 15 is 0 Å². The Bertz CT molecular complexity index is 821. The third kappa shape index (κ3) is 4.17. The van der Waals surface area contributed by atoms with Gasteiger partial charge in [0.15, 0.2) is 0 Å². The van der Waals surface area contributed by atoms with Crippen LogP contribution in [0.15, 0.2) is 46.0 Å². The van der Waals surface area contributed by atoms with Crippen molar-refractivity contribution in [1.82, 2.24) is 5.43 Å². The van der Waals surface area contributed by atoms with Crippen LogP contribution in [0.3, 0.4) is 0 Å². The molecule has 1 amide bonds. The monoisotopic (exact) mass is 391 g/mol. The molecule has 2 rings (SSSR count). The number of nitrogens with zero attached hydrogens (tertiary/aromatic N) is 2. The highest BCUT2D eigenvalue weighted by atomic mass is 79.9. The number of aryl methyl sites for hydroxylation is 1. The molecule has 0 fully saturated rings. The molecule has 0 aliphatic carbocycles. The lowest BCUT2D eigenvalue weighted by molar-refractivity contribution is -0.385. The molecule has 0 aromatic heterocycles. The zero-order chi connectivity index (χ0) is 17.7. The quantitative estimate of drug-likeness (QED) is 0.479. The highest BCUT2D eigenvalue weighted by Crippen LogP contribution is 2.21. The summed E-state index contributed by atoms with van der Waals surface area (Å²) < 4.78 is 6.05. The first-order valence-electron chi connectivity index (χ1n) is 6.84. The summed E-state index contributed by atoms with van der Waals surface area (Å²) >= 11 is 3.35. The summed E-state index contributed by atoms with van der Waals surface area (Å²) in [5.41, 5.74) is 3.73. The van der Waals surface area contributed by atoms with Gasteiger partial charge >= 0.3 is 0 Å². The second kappa shape index (κ2) is 7.69. The molecule has 0 aliphatic heterocycles. The molecule has 0 saturated carbocycles. The summed E-state index contributed by atoms with van der Waals surface area (Å²) in [6, 6.07) is 9.52. The Morgan fingerprint density at radius 3 is 2.71 bits per heavy atom. The number of hydrogen-bond acceptors (Lipinski definition) is 5. The van der Waals surface area contributed by atoms with Gasteiger partial charge in [-0.25, -0.2) is 5.43 Å². The molecule has 124 valence electrons. The molecule has 2 aromatic carbocycles. The van der Waals surface area contributed by atoms with Gasteiger partial charge in [0.1, 0.15) is 5.75 Å². The Kier molecular flexibility index (Phi) is 5.64. The Morgan fingerprint density at radius 2 is 2.08 bits per heavy atom. The lowest BCUT2D eigenvalue weighted by Gasteiger charge is -2.05. The number of carbonyl (C=O) groups is 1. The van der Waals surface area contributed by atoms with E-state index in [0.717, 1.165) is 4.47 Å². The minimum atomic E-state index is -0.491. The van der Waals surface area contributed by atoms with Gasteiger partial charge in [0, 0.05) is 27.2 Å². The molecule has 0 unspecified atom stereocenters. The Morgan fingerprint density at radius 1 is 1.33 bits per heavy atom. The summed E-state index contributed by atoms with van der Waals surface area (Å²) in [4.78, 5) is 22.3. The lowest BCUT2D eigenvalue weighted by Crippen LogP contribution is -2.17. The van der Waals surface area contributed by atoms with E-state index in [-0.39, 0.29) is 11.3 Å². The Labute approximate surface area is 146 Å². The van der Waals surface area contributed by atoms with E-state index in [9.17, 15) is 14.9 Å². The van der Waals surface area contributed by atoms with Gasteiger partial charge in [-0.2, -0.15) is 5.10 Å². The van der Waals surface area contributed by atoms with Crippen molar-refractivity contribution in [2.24, 2.45) is 5.10 Å². The first-order chi connectivity index (χ1) is 11.4. The van der Waals surface area contributed by atoms with Crippen molar-refractivity contribution < 1.29 is 14.5 Å². The highest BCUT2D eigenvalue weighted by Gasteiger charge is 2.13. The second-order valence-electron chi connectivity index (χ2n) is 4.84. The molecule has 0 bridgehead atoms. The number of carbonyl (C=O) groups excluding carboxylic acids is 1. The molecule has 0 saturated heterocycles. The number of nitrogens with one attached hydrogen (secondary N) is 1. The van der Waals surface area contributed by atoms with Crippen molar-refractivity contribution >= 4 is 33.7 Å². The Hall–Kier alpha value is -2.74. The molecule has 1 N–H and O–H groups in total. The molecular formula is C16H14BrN3O4. The summed E-state index contributed by atoms with van der Waals surface area (Å²) in [5.74, 6) is 0.153. The molecule has 8 heteroatoms. The summed E-state index contributed by atoms with van der Waals surface area (Å²) in [5, 5.41) is 14.7. The number of nitro benzene ring substituents is 1. The smallest absolute Gasteiger partial charge is 0.272 e. The molecule has 0 atom stereocenters. The fourth-order valence-electron chi connectivity index (χ4n) is 2.03. The van der Waals surface area contributed by atoms with E-state index in [2.05, 4.69) is 26.5 Å². The summed E-state index contributed by atoms with van der Waals surface area (Å²) in [6.07, 6.45) is 1.46. The molecule has 0 aliphatic rings. The predicted molar refractivity (Wildman–Crippen MR) is 93.6 cm³/mol. The summed E-state index contributed by atoms with van der Waals surface area (Å²) in [7, 11) is 1.54. The normalized spacial score (nSPS) is 10.6. The van der Waals surface area contributed by atoms with Crippen molar-refractivity contribution in [3.63, 3.8) is 0 Å². The molecular weight excluding hydrogens is 378 g/mol. The van der Waals surface area contributed by atoms with Gasteiger partial charge in [0.2, 0.25) is 0 Å². The minimum absolute atomic E-state index is 0.0334. The average molecular weight is 392 g/mol. The van der Waals surface area contributed by atoms with Crippen LogP contribution in [0, 0.1) is 17.0 Å². The van der Waals surface area contributed by atoms with Crippen molar-refractivity contribution in [3.05, 3.63) is 67.7 Å². The number of ether oxygens (including phenoxy) is 1. The predicted octanol–water partition coefficient (Wildman–Crippen LogP) is 3.44. The number of hydrogen-bond donors (Lipinski definition) is 1. The standard InChI is InChI=1S/C16H14BrN3O4/c1-10-7-11(3-5-14(10)20(22)23)16(21)19-18-9-12-8-13(17)4-6-15(12)24-2/h3-9H,1-2H3,(H,19,21). The van der Waals surface area contributed by atoms with Gasteiger partial charge < -0.3 is 4.74 Å². The molecule has 24 heavy (non-hydrogen) atoms. The van der Waals surface area contributed by atoms with E-state index in [1.54, 1.807) is 26.2 Å². The van der Waals surface area contributed by atoms with Crippen LogP contribution < -0.4 is 10.2 Å². The molecule has 2 aromatic rings. The highest BCUT2D eigenvalue weighted by molar-refractivity contribution is 9.10. The van der Waals surface area contributed by atoms with Crippen molar-refractivity contribution in [2.45, 2.75) is 6.92 Å². The van der Waals surface area contributed by atoms with Crippen molar-refractivity contribution in [1.29, 1.82) is 0 Å². The van der Waals surface area contributed by atoms with Gasteiger partial charge in [0.25, 0.3) is 11.6 Å². The van der Waals surface area contributed by atoms with Gasteiger partial charge in [-0.15, -0.1) is 0 Å². The van der Waals surface area contributed by atoms with Gasteiger partial charge in [0.05, 0.1) is 18.2 Å². The number of nitro groups is 1. The fourth-order valence-corrected chi connectivity index (χ4v) is 2.41. The second-order valence-corrected chi connectivity index (χ2v) is 5.76. The first-order valence-corrected chi connectivity index (χ1v) is 7.63. The van der Waals surface area contributed by atoms with Crippen LogP contribution in [0.2, 0.25) is 0 Å². The summed E-state index contributed by atoms with van der Waals surface area (Å²) in [6.45, 7) is 1.57. The minimum Gasteiger partial charge on any atom is -0.496 e.